The van der Waals surface area contributed by atoms with Crippen molar-refractivity contribution in [3.05, 3.63) is 28.7 Å². The molecular formula is C11H16BrNO. The van der Waals surface area contributed by atoms with Gasteiger partial charge in [0.1, 0.15) is 5.75 Å². The largest absolute Gasteiger partial charge is 0.490 e. The summed E-state index contributed by atoms with van der Waals surface area (Å²) in [5.74, 6) is 0.911. The summed E-state index contributed by atoms with van der Waals surface area (Å²) in [6.45, 7) is 2.79. The highest BCUT2D eigenvalue weighted by molar-refractivity contribution is 9.10. The zero-order valence-corrected chi connectivity index (χ0v) is 9.96. The summed E-state index contributed by atoms with van der Waals surface area (Å²) in [6, 6.07) is 7.88. The van der Waals surface area contributed by atoms with Crippen molar-refractivity contribution in [2.45, 2.75) is 25.9 Å². The van der Waals surface area contributed by atoms with Crippen LogP contribution in [0.5, 0.6) is 5.75 Å². The van der Waals surface area contributed by atoms with Gasteiger partial charge in [-0.2, -0.15) is 0 Å². The summed E-state index contributed by atoms with van der Waals surface area (Å²) in [7, 11) is 0. The fourth-order valence-corrected chi connectivity index (χ4v) is 1.50. The van der Waals surface area contributed by atoms with E-state index >= 15 is 0 Å². The molecule has 0 aromatic heterocycles. The van der Waals surface area contributed by atoms with Gasteiger partial charge in [-0.15, -0.1) is 0 Å². The predicted molar refractivity (Wildman–Crippen MR) is 62.5 cm³/mol. The molecule has 1 rings (SSSR count). The summed E-state index contributed by atoms with van der Waals surface area (Å²) in [5.41, 5.74) is 5.50. The van der Waals surface area contributed by atoms with E-state index in [1.165, 1.54) is 0 Å². The number of ether oxygens (including phenoxy) is 1. The van der Waals surface area contributed by atoms with Crippen molar-refractivity contribution in [1.29, 1.82) is 0 Å². The Morgan fingerprint density at radius 2 is 2.00 bits per heavy atom. The first-order valence-corrected chi connectivity index (χ1v) is 5.68. The molecule has 0 amide bonds. The SMILES string of the molecule is CCC(CCN)Oc1ccc(Br)cc1. The van der Waals surface area contributed by atoms with Gasteiger partial charge in [0.05, 0.1) is 6.10 Å². The summed E-state index contributed by atoms with van der Waals surface area (Å²) < 4.78 is 6.82. The van der Waals surface area contributed by atoms with Gasteiger partial charge in [-0.3, -0.25) is 0 Å². The molecule has 14 heavy (non-hydrogen) atoms. The number of hydrogen-bond acceptors (Lipinski definition) is 2. The first kappa shape index (κ1) is 11.5. The van der Waals surface area contributed by atoms with Gasteiger partial charge < -0.3 is 10.5 Å². The lowest BCUT2D eigenvalue weighted by Crippen LogP contribution is -2.19. The molecule has 2 nitrogen and oxygen atoms in total. The third-order valence-electron chi connectivity index (χ3n) is 2.06. The fraction of sp³-hybridized carbons (Fsp3) is 0.455. The van der Waals surface area contributed by atoms with E-state index in [0.29, 0.717) is 6.54 Å². The number of hydrogen-bond donors (Lipinski definition) is 1. The topological polar surface area (TPSA) is 35.2 Å². The molecule has 0 spiro atoms. The van der Waals surface area contributed by atoms with Gasteiger partial charge in [0.15, 0.2) is 0 Å². The fourth-order valence-electron chi connectivity index (χ4n) is 1.24. The van der Waals surface area contributed by atoms with Crippen LogP contribution in [0.15, 0.2) is 28.7 Å². The standard InChI is InChI=1S/C11H16BrNO/c1-2-10(7-8-13)14-11-5-3-9(12)4-6-11/h3-6,10H,2,7-8,13H2,1H3. The Labute approximate surface area is 93.6 Å². The minimum Gasteiger partial charge on any atom is -0.490 e. The van der Waals surface area contributed by atoms with Crippen LogP contribution in [0.3, 0.4) is 0 Å². The molecule has 3 heteroatoms. The molecule has 0 bridgehead atoms. The second-order valence-corrected chi connectivity index (χ2v) is 4.10. The van der Waals surface area contributed by atoms with Crippen LogP contribution in [-0.4, -0.2) is 12.6 Å². The van der Waals surface area contributed by atoms with Crippen LogP contribution in [-0.2, 0) is 0 Å². The molecule has 0 saturated carbocycles. The van der Waals surface area contributed by atoms with Crippen molar-refractivity contribution in [2.24, 2.45) is 5.73 Å². The molecule has 1 aromatic carbocycles. The minimum atomic E-state index is 0.237. The highest BCUT2D eigenvalue weighted by Gasteiger charge is 2.06. The van der Waals surface area contributed by atoms with Crippen molar-refractivity contribution in [3.63, 3.8) is 0 Å². The van der Waals surface area contributed by atoms with E-state index in [2.05, 4.69) is 22.9 Å². The monoisotopic (exact) mass is 257 g/mol. The predicted octanol–water partition coefficient (Wildman–Crippen LogP) is 2.96. The van der Waals surface area contributed by atoms with E-state index < -0.39 is 0 Å². The van der Waals surface area contributed by atoms with E-state index in [1.807, 2.05) is 24.3 Å². The lowest BCUT2D eigenvalue weighted by atomic mass is 10.2. The van der Waals surface area contributed by atoms with Crippen LogP contribution in [0.2, 0.25) is 0 Å². The second-order valence-electron chi connectivity index (χ2n) is 3.18. The zero-order chi connectivity index (χ0) is 10.4. The molecule has 0 saturated heterocycles. The van der Waals surface area contributed by atoms with E-state index in [9.17, 15) is 0 Å². The highest BCUT2D eigenvalue weighted by Crippen LogP contribution is 2.18. The Morgan fingerprint density at radius 1 is 1.36 bits per heavy atom. The number of rotatable bonds is 5. The number of nitrogens with two attached hydrogens (primary N) is 1. The molecule has 1 aromatic rings. The van der Waals surface area contributed by atoms with Gasteiger partial charge in [-0.05, 0) is 43.7 Å². The van der Waals surface area contributed by atoms with E-state index in [-0.39, 0.29) is 6.10 Å². The first-order chi connectivity index (χ1) is 6.76. The molecular weight excluding hydrogens is 242 g/mol. The molecule has 0 heterocycles. The van der Waals surface area contributed by atoms with Gasteiger partial charge in [0.25, 0.3) is 0 Å². The Bertz CT molecular complexity index is 260. The minimum absolute atomic E-state index is 0.237. The summed E-state index contributed by atoms with van der Waals surface area (Å²) in [4.78, 5) is 0. The van der Waals surface area contributed by atoms with Gasteiger partial charge >= 0.3 is 0 Å². The highest BCUT2D eigenvalue weighted by atomic mass is 79.9. The first-order valence-electron chi connectivity index (χ1n) is 4.88. The maximum atomic E-state index is 5.76. The van der Waals surface area contributed by atoms with Crippen LogP contribution in [0.1, 0.15) is 19.8 Å². The normalized spacial score (nSPS) is 12.5. The summed E-state index contributed by atoms with van der Waals surface area (Å²) >= 11 is 3.38. The van der Waals surface area contributed by atoms with Crippen molar-refractivity contribution < 1.29 is 4.74 Å². The van der Waals surface area contributed by atoms with Crippen LogP contribution in [0.25, 0.3) is 0 Å². The number of halogens is 1. The van der Waals surface area contributed by atoms with Crippen molar-refractivity contribution in [2.75, 3.05) is 6.54 Å². The average molecular weight is 258 g/mol. The van der Waals surface area contributed by atoms with Crippen molar-refractivity contribution in [1.82, 2.24) is 0 Å². The molecule has 0 aliphatic carbocycles. The van der Waals surface area contributed by atoms with Gasteiger partial charge in [-0.1, -0.05) is 22.9 Å². The van der Waals surface area contributed by atoms with Gasteiger partial charge in [0.2, 0.25) is 0 Å². The van der Waals surface area contributed by atoms with E-state index in [4.69, 9.17) is 10.5 Å². The third-order valence-corrected chi connectivity index (χ3v) is 2.59. The lowest BCUT2D eigenvalue weighted by Gasteiger charge is -2.16. The summed E-state index contributed by atoms with van der Waals surface area (Å²) in [6.07, 6.45) is 2.14. The quantitative estimate of drug-likeness (QED) is 0.881. The molecule has 2 N–H and O–H groups in total. The molecule has 0 radical (unpaired) electrons. The molecule has 0 fully saturated rings. The van der Waals surface area contributed by atoms with E-state index in [0.717, 1.165) is 23.1 Å². The summed E-state index contributed by atoms with van der Waals surface area (Å²) in [5, 5.41) is 0. The smallest absolute Gasteiger partial charge is 0.119 e. The molecule has 0 aliphatic rings. The maximum absolute atomic E-state index is 5.76. The second kappa shape index (κ2) is 6.04. The van der Waals surface area contributed by atoms with Gasteiger partial charge in [0, 0.05) is 4.47 Å². The average Bonchev–Trinajstić information content (AvgIpc) is 2.20. The van der Waals surface area contributed by atoms with E-state index in [1.54, 1.807) is 0 Å². The molecule has 1 atom stereocenters. The Kier molecular flexibility index (Phi) is 4.98. The zero-order valence-electron chi connectivity index (χ0n) is 8.37. The molecule has 1 unspecified atom stereocenters. The van der Waals surface area contributed by atoms with Crippen molar-refractivity contribution >= 4 is 15.9 Å². The third kappa shape index (κ3) is 3.68. The Hall–Kier alpha value is -0.540. The molecule has 0 aliphatic heterocycles. The lowest BCUT2D eigenvalue weighted by molar-refractivity contribution is 0.189. The number of benzene rings is 1. The van der Waals surface area contributed by atoms with Crippen LogP contribution in [0.4, 0.5) is 0 Å². The Balaban J connectivity index is 2.53. The molecule has 78 valence electrons. The van der Waals surface area contributed by atoms with Crippen LogP contribution < -0.4 is 10.5 Å². The Morgan fingerprint density at radius 3 is 2.50 bits per heavy atom. The van der Waals surface area contributed by atoms with Crippen LogP contribution in [0, 0.1) is 0 Å². The van der Waals surface area contributed by atoms with Crippen LogP contribution >= 0.6 is 15.9 Å². The van der Waals surface area contributed by atoms with Gasteiger partial charge in [-0.25, -0.2) is 0 Å². The maximum Gasteiger partial charge on any atom is 0.119 e. The van der Waals surface area contributed by atoms with Crippen molar-refractivity contribution in [3.8, 4) is 5.75 Å².